The second kappa shape index (κ2) is 7.61. The molecule has 0 atom stereocenters. The van der Waals surface area contributed by atoms with Gasteiger partial charge >= 0.3 is 0 Å². The van der Waals surface area contributed by atoms with Gasteiger partial charge in [-0.25, -0.2) is 4.98 Å². The summed E-state index contributed by atoms with van der Waals surface area (Å²) in [6.07, 6.45) is 13.1. The highest BCUT2D eigenvalue weighted by Crippen LogP contribution is 2.21. The Bertz CT molecular complexity index is 472. The fourth-order valence-corrected chi connectivity index (χ4v) is 3.52. The lowest BCUT2D eigenvalue weighted by Crippen LogP contribution is -2.36. The van der Waals surface area contributed by atoms with Gasteiger partial charge in [-0.3, -0.25) is 4.79 Å². The number of rotatable bonds is 3. The Balaban J connectivity index is 1.58. The van der Waals surface area contributed by atoms with Crippen molar-refractivity contribution in [1.82, 2.24) is 9.88 Å². The van der Waals surface area contributed by atoms with Gasteiger partial charge in [0.1, 0.15) is 5.69 Å². The van der Waals surface area contributed by atoms with Crippen LogP contribution in [0.4, 0.5) is 5.69 Å². The fourth-order valence-electron chi connectivity index (χ4n) is 3.52. The molecule has 3 rings (SSSR count). The van der Waals surface area contributed by atoms with Crippen molar-refractivity contribution >= 4 is 11.6 Å². The number of anilines is 1. The van der Waals surface area contributed by atoms with Crippen LogP contribution >= 0.6 is 0 Å². The van der Waals surface area contributed by atoms with E-state index in [9.17, 15) is 4.79 Å². The van der Waals surface area contributed by atoms with Crippen molar-refractivity contribution in [2.45, 2.75) is 63.8 Å². The van der Waals surface area contributed by atoms with E-state index >= 15 is 0 Å². The van der Waals surface area contributed by atoms with E-state index in [1.165, 1.54) is 44.9 Å². The van der Waals surface area contributed by atoms with E-state index in [0.717, 1.165) is 31.6 Å². The number of hydrogen-bond donors (Lipinski definition) is 1. The van der Waals surface area contributed by atoms with E-state index in [2.05, 4.69) is 10.3 Å². The Morgan fingerprint density at radius 3 is 2.32 bits per heavy atom. The topological polar surface area (TPSA) is 45.2 Å². The molecule has 1 aliphatic carbocycles. The molecular formula is C18H27N3O. The number of nitrogens with one attached hydrogen (secondary N) is 1. The second-order valence-electron chi connectivity index (χ2n) is 6.62. The van der Waals surface area contributed by atoms with Crippen LogP contribution in [0.15, 0.2) is 18.3 Å². The summed E-state index contributed by atoms with van der Waals surface area (Å²) in [6, 6.07) is 4.44. The number of pyridine rings is 1. The molecule has 1 aromatic heterocycles. The lowest BCUT2D eigenvalue weighted by molar-refractivity contribution is 0.0718. The summed E-state index contributed by atoms with van der Waals surface area (Å²) in [6.45, 7) is 1.76. The van der Waals surface area contributed by atoms with E-state index < -0.39 is 0 Å². The number of nitrogens with zero attached hydrogens (tertiary/aromatic N) is 2. The van der Waals surface area contributed by atoms with Crippen LogP contribution in [0.5, 0.6) is 0 Å². The monoisotopic (exact) mass is 301 g/mol. The molecule has 0 aromatic carbocycles. The third-order valence-electron chi connectivity index (χ3n) is 4.85. The van der Waals surface area contributed by atoms with Gasteiger partial charge in [0.25, 0.3) is 5.91 Å². The van der Waals surface area contributed by atoms with Crippen molar-refractivity contribution in [3.8, 4) is 0 Å². The van der Waals surface area contributed by atoms with Crippen molar-refractivity contribution in [2.24, 2.45) is 0 Å². The van der Waals surface area contributed by atoms with Gasteiger partial charge in [-0.1, -0.05) is 25.7 Å². The molecule has 4 nitrogen and oxygen atoms in total. The van der Waals surface area contributed by atoms with Gasteiger partial charge in [0.2, 0.25) is 0 Å². The SMILES string of the molecule is O=C(c1ccc(NC2CCCCCC2)cn1)N1CCCCC1. The maximum absolute atomic E-state index is 12.4. The summed E-state index contributed by atoms with van der Waals surface area (Å²) in [5, 5.41) is 3.58. The van der Waals surface area contributed by atoms with E-state index in [-0.39, 0.29) is 5.91 Å². The summed E-state index contributed by atoms with van der Waals surface area (Å²) in [5.74, 6) is 0.0840. The molecule has 1 amide bonds. The highest BCUT2D eigenvalue weighted by molar-refractivity contribution is 5.92. The Hall–Kier alpha value is -1.58. The van der Waals surface area contributed by atoms with Crippen LogP contribution in [0.2, 0.25) is 0 Å². The minimum Gasteiger partial charge on any atom is -0.381 e. The van der Waals surface area contributed by atoms with E-state index in [1.54, 1.807) is 0 Å². The summed E-state index contributed by atoms with van der Waals surface area (Å²) in [4.78, 5) is 18.7. The number of carbonyl (C=O) groups excluding carboxylic acids is 1. The molecule has 120 valence electrons. The lowest BCUT2D eigenvalue weighted by Gasteiger charge is -2.26. The second-order valence-corrected chi connectivity index (χ2v) is 6.62. The van der Waals surface area contributed by atoms with E-state index in [4.69, 9.17) is 0 Å². The van der Waals surface area contributed by atoms with Gasteiger partial charge in [-0.15, -0.1) is 0 Å². The van der Waals surface area contributed by atoms with Crippen LogP contribution in [-0.2, 0) is 0 Å². The maximum atomic E-state index is 12.4. The first-order valence-corrected chi connectivity index (χ1v) is 8.85. The molecule has 2 aliphatic rings. The van der Waals surface area contributed by atoms with Crippen molar-refractivity contribution in [2.75, 3.05) is 18.4 Å². The van der Waals surface area contributed by atoms with Gasteiger partial charge in [0.15, 0.2) is 0 Å². The third kappa shape index (κ3) is 3.99. The van der Waals surface area contributed by atoms with Crippen LogP contribution in [0.1, 0.15) is 68.3 Å². The minimum absolute atomic E-state index is 0.0840. The molecule has 2 fully saturated rings. The molecule has 1 N–H and O–H groups in total. The average Bonchev–Trinajstić information content (AvgIpc) is 2.84. The maximum Gasteiger partial charge on any atom is 0.272 e. The molecular weight excluding hydrogens is 274 g/mol. The smallest absolute Gasteiger partial charge is 0.272 e. The number of aromatic nitrogens is 1. The summed E-state index contributed by atoms with van der Waals surface area (Å²) < 4.78 is 0. The molecule has 0 radical (unpaired) electrons. The largest absolute Gasteiger partial charge is 0.381 e. The average molecular weight is 301 g/mol. The Kier molecular flexibility index (Phi) is 5.30. The molecule has 1 aliphatic heterocycles. The zero-order valence-electron chi connectivity index (χ0n) is 13.4. The van der Waals surface area contributed by atoms with Gasteiger partial charge in [0, 0.05) is 19.1 Å². The van der Waals surface area contributed by atoms with Crippen LogP contribution < -0.4 is 5.32 Å². The first-order valence-electron chi connectivity index (χ1n) is 8.85. The Labute approximate surface area is 133 Å². The van der Waals surface area contributed by atoms with Gasteiger partial charge < -0.3 is 10.2 Å². The third-order valence-corrected chi connectivity index (χ3v) is 4.85. The zero-order valence-corrected chi connectivity index (χ0v) is 13.4. The summed E-state index contributed by atoms with van der Waals surface area (Å²) >= 11 is 0. The van der Waals surface area contributed by atoms with Gasteiger partial charge in [-0.2, -0.15) is 0 Å². The van der Waals surface area contributed by atoms with Crippen molar-refractivity contribution < 1.29 is 4.79 Å². The van der Waals surface area contributed by atoms with Crippen LogP contribution in [0.25, 0.3) is 0 Å². The number of carbonyl (C=O) groups is 1. The number of likely N-dealkylation sites (tertiary alicyclic amines) is 1. The molecule has 4 heteroatoms. The zero-order chi connectivity index (χ0) is 15.2. The molecule has 0 spiro atoms. The molecule has 1 saturated heterocycles. The number of hydrogen-bond acceptors (Lipinski definition) is 3. The van der Waals surface area contributed by atoms with Crippen molar-refractivity contribution in [3.05, 3.63) is 24.0 Å². The van der Waals surface area contributed by atoms with Crippen molar-refractivity contribution in [1.29, 1.82) is 0 Å². The highest BCUT2D eigenvalue weighted by atomic mass is 16.2. The van der Waals surface area contributed by atoms with Crippen LogP contribution in [0, 0.1) is 0 Å². The van der Waals surface area contributed by atoms with Gasteiger partial charge in [0.05, 0.1) is 11.9 Å². The molecule has 1 aromatic rings. The van der Waals surface area contributed by atoms with Gasteiger partial charge in [-0.05, 0) is 44.2 Å². The standard InChI is InChI=1S/C18H27N3O/c22-18(21-12-6-3-7-13-21)17-11-10-16(14-19-17)20-15-8-4-1-2-5-9-15/h10-11,14-15,20H,1-9,12-13H2. The quantitative estimate of drug-likeness (QED) is 0.863. The molecule has 1 saturated carbocycles. The Morgan fingerprint density at radius 1 is 1.00 bits per heavy atom. The van der Waals surface area contributed by atoms with Crippen LogP contribution in [0.3, 0.4) is 0 Å². The normalized spacial score (nSPS) is 20.5. The predicted molar refractivity (Wildman–Crippen MR) is 89.1 cm³/mol. The molecule has 2 heterocycles. The first-order chi connectivity index (χ1) is 10.8. The molecule has 0 unspecified atom stereocenters. The number of piperidine rings is 1. The lowest BCUT2D eigenvalue weighted by atomic mass is 10.1. The number of amides is 1. The van der Waals surface area contributed by atoms with E-state index in [1.807, 2.05) is 23.2 Å². The predicted octanol–water partition coefficient (Wildman–Crippen LogP) is 3.84. The van der Waals surface area contributed by atoms with Crippen molar-refractivity contribution in [3.63, 3.8) is 0 Å². The minimum atomic E-state index is 0.0840. The molecule has 22 heavy (non-hydrogen) atoms. The van der Waals surface area contributed by atoms with E-state index in [0.29, 0.717) is 11.7 Å². The fraction of sp³-hybridized carbons (Fsp3) is 0.667. The summed E-state index contributed by atoms with van der Waals surface area (Å²) in [7, 11) is 0. The first kappa shape index (κ1) is 15.3. The Morgan fingerprint density at radius 2 is 1.68 bits per heavy atom. The highest BCUT2D eigenvalue weighted by Gasteiger charge is 2.19. The molecule has 0 bridgehead atoms. The van der Waals surface area contributed by atoms with Crippen LogP contribution in [-0.4, -0.2) is 34.9 Å². The summed E-state index contributed by atoms with van der Waals surface area (Å²) in [5.41, 5.74) is 1.62.